The first-order valence-corrected chi connectivity index (χ1v) is 5.90. The van der Waals surface area contributed by atoms with Crippen molar-refractivity contribution in [2.45, 2.75) is 18.9 Å². The molecule has 0 unspecified atom stereocenters. The molecule has 4 nitrogen and oxygen atoms in total. The average Bonchev–Trinajstić information content (AvgIpc) is 3.01. The quantitative estimate of drug-likeness (QED) is 0.854. The number of aromatic nitrogens is 1. The highest BCUT2D eigenvalue weighted by Crippen LogP contribution is 2.32. The van der Waals surface area contributed by atoms with Crippen LogP contribution in [0, 0.1) is 0 Å². The number of rotatable bonds is 3. The van der Waals surface area contributed by atoms with Gasteiger partial charge >= 0.3 is 0 Å². The van der Waals surface area contributed by atoms with Crippen molar-refractivity contribution in [2.75, 3.05) is 14.1 Å². The zero-order valence-corrected chi connectivity index (χ0v) is 10.8. The number of pyridine rings is 1. The van der Waals surface area contributed by atoms with E-state index in [9.17, 15) is 4.79 Å². The van der Waals surface area contributed by atoms with Crippen molar-refractivity contribution in [2.24, 2.45) is 0 Å². The molecule has 1 aliphatic carbocycles. The molecule has 0 aromatic carbocycles. The smallest absolute Gasteiger partial charge is 0.258 e. The fourth-order valence-electron chi connectivity index (χ4n) is 1.30. The molecule has 1 amide bonds. The molecule has 1 aromatic rings. The number of carbonyl (C=O) groups is 1. The first-order valence-electron chi connectivity index (χ1n) is 5.11. The van der Waals surface area contributed by atoms with E-state index >= 15 is 0 Å². The molecular formula is C11H13BrN2O2. The van der Waals surface area contributed by atoms with Crippen molar-refractivity contribution in [1.29, 1.82) is 0 Å². The average molecular weight is 285 g/mol. The van der Waals surface area contributed by atoms with E-state index in [0.29, 0.717) is 15.8 Å². The van der Waals surface area contributed by atoms with Crippen molar-refractivity contribution < 1.29 is 9.53 Å². The van der Waals surface area contributed by atoms with Gasteiger partial charge in [0.25, 0.3) is 5.91 Å². The molecular weight excluding hydrogens is 272 g/mol. The molecule has 2 rings (SSSR count). The Labute approximate surface area is 103 Å². The number of hydrogen-bond donors (Lipinski definition) is 0. The lowest BCUT2D eigenvalue weighted by Crippen LogP contribution is -2.23. The molecule has 0 spiro atoms. The molecule has 1 heterocycles. The lowest BCUT2D eigenvalue weighted by molar-refractivity contribution is 0.0821. The van der Waals surface area contributed by atoms with Crippen LogP contribution in [0.5, 0.6) is 5.75 Å². The Morgan fingerprint density at radius 3 is 2.75 bits per heavy atom. The van der Waals surface area contributed by atoms with E-state index in [1.54, 1.807) is 26.5 Å². The fourth-order valence-corrected chi connectivity index (χ4v) is 1.79. The second-order valence-corrected chi connectivity index (χ2v) is 4.87. The summed E-state index contributed by atoms with van der Waals surface area (Å²) in [7, 11) is 3.44. The van der Waals surface area contributed by atoms with Gasteiger partial charge in [-0.05, 0) is 28.8 Å². The van der Waals surface area contributed by atoms with Gasteiger partial charge in [0.05, 0.1) is 22.3 Å². The first kappa shape index (κ1) is 11.4. The minimum atomic E-state index is -0.0788. The van der Waals surface area contributed by atoms with Gasteiger partial charge in [0.15, 0.2) is 5.75 Å². The molecule has 86 valence electrons. The Balaban J connectivity index is 2.35. The lowest BCUT2D eigenvalue weighted by atomic mass is 10.2. The van der Waals surface area contributed by atoms with Crippen LogP contribution in [-0.4, -0.2) is 36.0 Å². The van der Waals surface area contributed by atoms with Crippen LogP contribution < -0.4 is 4.74 Å². The summed E-state index contributed by atoms with van der Waals surface area (Å²) >= 11 is 3.34. The predicted molar refractivity (Wildman–Crippen MR) is 63.6 cm³/mol. The second-order valence-electron chi connectivity index (χ2n) is 4.01. The molecule has 0 aliphatic heterocycles. The van der Waals surface area contributed by atoms with Gasteiger partial charge in [0.1, 0.15) is 0 Å². The van der Waals surface area contributed by atoms with Crippen LogP contribution in [0.15, 0.2) is 16.9 Å². The van der Waals surface area contributed by atoms with Gasteiger partial charge in [0, 0.05) is 20.3 Å². The molecule has 0 radical (unpaired) electrons. The number of carbonyl (C=O) groups excluding carboxylic acids is 1. The number of ether oxygens (including phenoxy) is 1. The van der Waals surface area contributed by atoms with Crippen LogP contribution in [0.1, 0.15) is 23.2 Å². The molecule has 1 saturated carbocycles. The number of amides is 1. The topological polar surface area (TPSA) is 42.4 Å². The maximum Gasteiger partial charge on any atom is 0.258 e. The summed E-state index contributed by atoms with van der Waals surface area (Å²) in [5, 5.41) is 0. The summed E-state index contributed by atoms with van der Waals surface area (Å²) in [6.07, 6.45) is 5.57. The second kappa shape index (κ2) is 4.41. The van der Waals surface area contributed by atoms with Crippen LogP contribution in [0.3, 0.4) is 0 Å². The summed E-state index contributed by atoms with van der Waals surface area (Å²) in [5.41, 5.74) is 0.548. The molecule has 0 bridgehead atoms. The Kier molecular flexibility index (Phi) is 3.14. The SMILES string of the molecule is CN(C)C(=O)c1c(Br)cncc1OC1CC1. The summed E-state index contributed by atoms with van der Waals surface area (Å²) in [5.74, 6) is 0.487. The van der Waals surface area contributed by atoms with E-state index in [1.165, 1.54) is 4.90 Å². The standard InChI is InChI=1S/C11H13BrN2O2/c1-14(2)11(15)10-8(12)5-13-6-9(10)16-7-3-4-7/h5-7H,3-4H2,1-2H3. The van der Waals surface area contributed by atoms with E-state index in [-0.39, 0.29) is 12.0 Å². The van der Waals surface area contributed by atoms with Gasteiger partial charge in [-0.1, -0.05) is 0 Å². The third-order valence-corrected chi connectivity index (χ3v) is 2.90. The summed E-state index contributed by atoms with van der Waals surface area (Å²) in [4.78, 5) is 17.5. The molecule has 16 heavy (non-hydrogen) atoms. The van der Waals surface area contributed by atoms with E-state index < -0.39 is 0 Å². The van der Waals surface area contributed by atoms with E-state index in [4.69, 9.17) is 4.74 Å². The van der Waals surface area contributed by atoms with Crippen molar-refractivity contribution in [1.82, 2.24) is 9.88 Å². The van der Waals surface area contributed by atoms with Gasteiger partial charge in [-0.3, -0.25) is 9.78 Å². The Bertz CT molecular complexity index is 416. The summed E-state index contributed by atoms with van der Waals surface area (Å²) in [6.45, 7) is 0. The minimum absolute atomic E-state index is 0.0788. The third kappa shape index (κ3) is 2.35. The van der Waals surface area contributed by atoms with Gasteiger partial charge in [0.2, 0.25) is 0 Å². The molecule has 1 aliphatic rings. The molecule has 1 fully saturated rings. The largest absolute Gasteiger partial charge is 0.488 e. The van der Waals surface area contributed by atoms with Crippen LogP contribution >= 0.6 is 15.9 Å². The van der Waals surface area contributed by atoms with E-state index in [1.807, 2.05) is 0 Å². The van der Waals surface area contributed by atoms with Crippen LogP contribution in [0.2, 0.25) is 0 Å². The number of hydrogen-bond acceptors (Lipinski definition) is 3. The zero-order valence-electron chi connectivity index (χ0n) is 9.24. The molecule has 0 N–H and O–H groups in total. The monoisotopic (exact) mass is 284 g/mol. The fraction of sp³-hybridized carbons (Fsp3) is 0.455. The first-order chi connectivity index (χ1) is 7.59. The van der Waals surface area contributed by atoms with E-state index in [2.05, 4.69) is 20.9 Å². The van der Waals surface area contributed by atoms with E-state index in [0.717, 1.165) is 12.8 Å². The minimum Gasteiger partial charge on any atom is -0.488 e. The molecule has 1 aromatic heterocycles. The number of nitrogens with zero attached hydrogens (tertiary/aromatic N) is 2. The lowest BCUT2D eigenvalue weighted by Gasteiger charge is -2.15. The Hall–Kier alpha value is -1.10. The zero-order chi connectivity index (χ0) is 11.7. The molecule has 5 heteroatoms. The normalized spacial score (nSPS) is 14.7. The third-order valence-electron chi connectivity index (χ3n) is 2.30. The van der Waals surface area contributed by atoms with Crippen LogP contribution in [0.4, 0.5) is 0 Å². The Morgan fingerprint density at radius 1 is 1.50 bits per heavy atom. The molecule has 0 atom stereocenters. The van der Waals surface area contributed by atoms with Gasteiger partial charge in [-0.15, -0.1) is 0 Å². The van der Waals surface area contributed by atoms with Crippen LogP contribution in [-0.2, 0) is 0 Å². The van der Waals surface area contributed by atoms with Gasteiger partial charge < -0.3 is 9.64 Å². The highest BCUT2D eigenvalue weighted by atomic mass is 79.9. The predicted octanol–water partition coefficient (Wildman–Crippen LogP) is 2.09. The maximum absolute atomic E-state index is 12.0. The van der Waals surface area contributed by atoms with Crippen molar-refractivity contribution >= 4 is 21.8 Å². The molecule has 0 saturated heterocycles. The van der Waals surface area contributed by atoms with Crippen molar-refractivity contribution in [3.63, 3.8) is 0 Å². The van der Waals surface area contributed by atoms with Crippen LogP contribution in [0.25, 0.3) is 0 Å². The maximum atomic E-state index is 12.0. The highest BCUT2D eigenvalue weighted by Gasteiger charge is 2.27. The Morgan fingerprint density at radius 2 is 2.19 bits per heavy atom. The van der Waals surface area contributed by atoms with Crippen molar-refractivity contribution in [3.05, 3.63) is 22.4 Å². The van der Waals surface area contributed by atoms with Gasteiger partial charge in [-0.25, -0.2) is 0 Å². The van der Waals surface area contributed by atoms with Gasteiger partial charge in [-0.2, -0.15) is 0 Å². The van der Waals surface area contributed by atoms with Crippen molar-refractivity contribution in [3.8, 4) is 5.75 Å². The summed E-state index contributed by atoms with van der Waals surface area (Å²) in [6, 6.07) is 0. The number of halogens is 1. The highest BCUT2D eigenvalue weighted by molar-refractivity contribution is 9.10. The summed E-state index contributed by atoms with van der Waals surface area (Å²) < 4.78 is 6.34.